The minimum atomic E-state index is -2.05. The molecule has 0 aromatic heterocycles. The standard InChI is InChI=1S/C12H21FN2O3/c1-5-15(9(2)3)11(17)14-7-6-12(13,8-14)10(16)18-4/h9H,5-8H2,1-4H3. The number of rotatable bonds is 3. The Kier molecular flexibility index (Phi) is 4.53. The number of carbonyl (C=O) groups excluding carboxylic acids is 2. The minimum absolute atomic E-state index is 0.00105. The summed E-state index contributed by atoms with van der Waals surface area (Å²) in [5.74, 6) is -0.898. The van der Waals surface area contributed by atoms with E-state index >= 15 is 0 Å². The average Bonchev–Trinajstić information content (AvgIpc) is 2.72. The van der Waals surface area contributed by atoms with Gasteiger partial charge in [-0.15, -0.1) is 0 Å². The highest BCUT2D eigenvalue weighted by atomic mass is 19.1. The van der Waals surface area contributed by atoms with Crippen LogP contribution in [-0.2, 0) is 9.53 Å². The molecule has 18 heavy (non-hydrogen) atoms. The summed E-state index contributed by atoms with van der Waals surface area (Å²) in [4.78, 5) is 26.5. The number of hydrogen-bond donors (Lipinski definition) is 0. The van der Waals surface area contributed by atoms with Crippen LogP contribution in [0.25, 0.3) is 0 Å². The molecule has 1 aliphatic rings. The van der Waals surface area contributed by atoms with E-state index < -0.39 is 11.6 Å². The van der Waals surface area contributed by atoms with Gasteiger partial charge in [0.1, 0.15) is 0 Å². The van der Waals surface area contributed by atoms with Gasteiger partial charge >= 0.3 is 12.0 Å². The lowest BCUT2D eigenvalue weighted by Crippen LogP contribution is -2.47. The number of ether oxygens (including phenoxy) is 1. The fraction of sp³-hybridized carbons (Fsp3) is 0.833. The van der Waals surface area contributed by atoms with E-state index in [1.54, 1.807) is 4.90 Å². The Morgan fingerprint density at radius 1 is 1.50 bits per heavy atom. The first-order chi connectivity index (χ1) is 8.35. The van der Waals surface area contributed by atoms with E-state index in [0.29, 0.717) is 6.54 Å². The van der Waals surface area contributed by atoms with Gasteiger partial charge in [-0.1, -0.05) is 0 Å². The summed E-state index contributed by atoms with van der Waals surface area (Å²) in [5, 5.41) is 0. The Balaban J connectivity index is 2.72. The number of hydrogen-bond acceptors (Lipinski definition) is 3. The number of urea groups is 1. The Labute approximate surface area is 107 Å². The minimum Gasteiger partial charge on any atom is -0.467 e. The van der Waals surface area contributed by atoms with Gasteiger partial charge in [0.15, 0.2) is 0 Å². The van der Waals surface area contributed by atoms with Crippen molar-refractivity contribution in [2.45, 2.75) is 38.9 Å². The van der Waals surface area contributed by atoms with Crippen LogP contribution in [0.15, 0.2) is 0 Å². The predicted octanol–water partition coefficient (Wildman–Crippen LogP) is 1.42. The Bertz CT molecular complexity index is 335. The van der Waals surface area contributed by atoms with Gasteiger partial charge in [0, 0.05) is 25.6 Å². The number of carbonyl (C=O) groups is 2. The van der Waals surface area contributed by atoms with E-state index in [-0.39, 0.29) is 31.6 Å². The van der Waals surface area contributed by atoms with Crippen LogP contribution in [-0.4, -0.2) is 60.3 Å². The zero-order valence-corrected chi connectivity index (χ0v) is 11.4. The molecule has 2 amide bonds. The van der Waals surface area contributed by atoms with Crippen LogP contribution >= 0.6 is 0 Å². The van der Waals surface area contributed by atoms with Crippen LogP contribution in [0, 0.1) is 0 Å². The zero-order chi connectivity index (χ0) is 13.9. The molecule has 0 aromatic carbocycles. The highest BCUT2D eigenvalue weighted by molar-refractivity contribution is 5.83. The summed E-state index contributed by atoms with van der Waals surface area (Å²) >= 11 is 0. The quantitative estimate of drug-likeness (QED) is 0.721. The van der Waals surface area contributed by atoms with Crippen molar-refractivity contribution in [3.8, 4) is 0 Å². The molecule has 104 valence electrons. The molecule has 1 aliphatic heterocycles. The van der Waals surface area contributed by atoms with Gasteiger partial charge in [-0.2, -0.15) is 0 Å². The second kappa shape index (κ2) is 5.54. The number of likely N-dealkylation sites (tertiary alicyclic amines) is 1. The third-order valence-electron chi connectivity index (χ3n) is 3.25. The van der Waals surface area contributed by atoms with Gasteiger partial charge in [0.05, 0.1) is 13.7 Å². The summed E-state index contributed by atoms with van der Waals surface area (Å²) in [7, 11) is 1.15. The fourth-order valence-corrected chi connectivity index (χ4v) is 2.19. The number of alkyl halides is 1. The molecule has 6 heteroatoms. The molecule has 0 saturated carbocycles. The molecule has 5 nitrogen and oxygen atoms in total. The summed E-state index contributed by atoms with van der Waals surface area (Å²) < 4.78 is 18.6. The lowest BCUT2D eigenvalue weighted by atomic mass is 10.1. The second-order valence-electron chi connectivity index (χ2n) is 4.79. The highest BCUT2D eigenvalue weighted by Crippen LogP contribution is 2.28. The molecule has 1 unspecified atom stereocenters. The molecule has 0 bridgehead atoms. The fourth-order valence-electron chi connectivity index (χ4n) is 2.19. The Morgan fingerprint density at radius 3 is 2.56 bits per heavy atom. The number of methoxy groups -OCH3 is 1. The van der Waals surface area contributed by atoms with E-state index in [0.717, 1.165) is 7.11 Å². The molecular weight excluding hydrogens is 239 g/mol. The van der Waals surface area contributed by atoms with Crippen molar-refractivity contribution in [1.29, 1.82) is 0 Å². The second-order valence-corrected chi connectivity index (χ2v) is 4.79. The molecule has 1 atom stereocenters. The highest BCUT2D eigenvalue weighted by Gasteiger charge is 2.48. The number of nitrogens with zero attached hydrogens (tertiary/aromatic N) is 2. The maximum Gasteiger partial charge on any atom is 0.345 e. The van der Waals surface area contributed by atoms with Crippen molar-refractivity contribution < 1.29 is 18.7 Å². The SMILES string of the molecule is CCN(C(=O)N1CCC(F)(C(=O)OC)C1)C(C)C. The number of amides is 2. The monoisotopic (exact) mass is 260 g/mol. The summed E-state index contributed by atoms with van der Waals surface area (Å²) in [5.41, 5.74) is -2.05. The first kappa shape index (κ1) is 14.7. The topological polar surface area (TPSA) is 49.9 Å². The van der Waals surface area contributed by atoms with Crippen LogP contribution in [0.2, 0.25) is 0 Å². The third kappa shape index (κ3) is 2.73. The van der Waals surface area contributed by atoms with E-state index in [1.165, 1.54) is 4.90 Å². The van der Waals surface area contributed by atoms with Gasteiger partial charge in [-0.05, 0) is 20.8 Å². The van der Waals surface area contributed by atoms with Crippen molar-refractivity contribution in [1.82, 2.24) is 9.80 Å². The van der Waals surface area contributed by atoms with E-state index in [9.17, 15) is 14.0 Å². The van der Waals surface area contributed by atoms with Crippen LogP contribution in [0.1, 0.15) is 27.2 Å². The lowest BCUT2D eigenvalue weighted by Gasteiger charge is -2.30. The van der Waals surface area contributed by atoms with E-state index in [4.69, 9.17) is 0 Å². The van der Waals surface area contributed by atoms with Crippen molar-refractivity contribution in [2.24, 2.45) is 0 Å². The third-order valence-corrected chi connectivity index (χ3v) is 3.25. The molecule has 1 rings (SSSR count). The van der Waals surface area contributed by atoms with Crippen molar-refractivity contribution in [3.05, 3.63) is 0 Å². The van der Waals surface area contributed by atoms with Gasteiger partial charge in [0.2, 0.25) is 5.67 Å². The van der Waals surface area contributed by atoms with Gasteiger partial charge in [-0.25, -0.2) is 14.0 Å². The van der Waals surface area contributed by atoms with Crippen LogP contribution in [0.3, 0.4) is 0 Å². The number of esters is 1. The maximum absolute atomic E-state index is 14.2. The first-order valence-corrected chi connectivity index (χ1v) is 6.18. The first-order valence-electron chi connectivity index (χ1n) is 6.18. The molecule has 0 aromatic rings. The Morgan fingerprint density at radius 2 is 2.11 bits per heavy atom. The Hall–Kier alpha value is -1.33. The molecule has 0 N–H and O–H groups in total. The van der Waals surface area contributed by atoms with Gasteiger partial charge in [-0.3, -0.25) is 0 Å². The molecule has 1 heterocycles. The summed E-state index contributed by atoms with van der Waals surface area (Å²) in [6, 6.07) is -0.175. The van der Waals surface area contributed by atoms with Gasteiger partial charge < -0.3 is 14.5 Å². The van der Waals surface area contributed by atoms with Gasteiger partial charge in [0.25, 0.3) is 0 Å². The summed E-state index contributed by atoms with van der Waals surface area (Å²) in [6.45, 7) is 6.26. The molecule has 0 aliphatic carbocycles. The van der Waals surface area contributed by atoms with Crippen LogP contribution in [0.5, 0.6) is 0 Å². The number of halogens is 1. The molecular formula is C12H21FN2O3. The lowest BCUT2D eigenvalue weighted by molar-refractivity contribution is -0.153. The maximum atomic E-state index is 14.2. The molecule has 1 fully saturated rings. The predicted molar refractivity (Wildman–Crippen MR) is 65.0 cm³/mol. The van der Waals surface area contributed by atoms with E-state index in [2.05, 4.69) is 4.74 Å². The zero-order valence-electron chi connectivity index (χ0n) is 11.4. The summed E-state index contributed by atoms with van der Waals surface area (Å²) in [6.07, 6.45) is 0.00105. The normalized spacial score (nSPS) is 23.3. The molecule has 1 saturated heterocycles. The van der Waals surface area contributed by atoms with E-state index in [1.807, 2.05) is 20.8 Å². The molecule has 0 spiro atoms. The largest absolute Gasteiger partial charge is 0.467 e. The smallest absolute Gasteiger partial charge is 0.345 e. The van der Waals surface area contributed by atoms with Crippen molar-refractivity contribution in [3.63, 3.8) is 0 Å². The van der Waals surface area contributed by atoms with Crippen molar-refractivity contribution >= 4 is 12.0 Å². The van der Waals surface area contributed by atoms with Crippen molar-refractivity contribution in [2.75, 3.05) is 26.7 Å². The van der Waals surface area contributed by atoms with Crippen LogP contribution < -0.4 is 0 Å². The molecule has 0 radical (unpaired) electrons. The van der Waals surface area contributed by atoms with Crippen LogP contribution in [0.4, 0.5) is 9.18 Å². The average molecular weight is 260 g/mol.